The lowest BCUT2D eigenvalue weighted by Crippen LogP contribution is -2.27. The molecule has 2 heteroatoms. The summed E-state index contributed by atoms with van der Waals surface area (Å²) < 4.78 is 6.18. The molecule has 20 heavy (non-hydrogen) atoms. The minimum atomic E-state index is 0.484. The fraction of sp³-hybridized carbons (Fsp3) is 0.667. The van der Waals surface area contributed by atoms with Crippen molar-refractivity contribution in [2.75, 3.05) is 13.6 Å². The summed E-state index contributed by atoms with van der Waals surface area (Å²) in [5.41, 5.74) is 2.70. The molecule has 2 nitrogen and oxygen atoms in total. The first-order valence-corrected chi connectivity index (χ1v) is 8.17. The molecule has 1 aromatic carbocycles. The van der Waals surface area contributed by atoms with Crippen LogP contribution in [-0.2, 0) is 17.8 Å². The van der Waals surface area contributed by atoms with Gasteiger partial charge in [0.25, 0.3) is 0 Å². The van der Waals surface area contributed by atoms with Crippen molar-refractivity contribution >= 4 is 0 Å². The van der Waals surface area contributed by atoms with Crippen molar-refractivity contribution < 1.29 is 4.74 Å². The van der Waals surface area contributed by atoms with E-state index in [1.165, 1.54) is 43.2 Å². The number of likely N-dealkylation sites (N-methyl/N-ethyl adjacent to an activating group) is 1. The molecule has 2 unspecified atom stereocenters. The van der Waals surface area contributed by atoms with E-state index < -0.39 is 0 Å². The van der Waals surface area contributed by atoms with E-state index >= 15 is 0 Å². The Morgan fingerprint density at radius 3 is 2.50 bits per heavy atom. The minimum absolute atomic E-state index is 0.484. The van der Waals surface area contributed by atoms with E-state index in [0.717, 1.165) is 25.5 Å². The summed E-state index contributed by atoms with van der Waals surface area (Å²) in [5.74, 6) is 0.777. The van der Waals surface area contributed by atoms with Gasteiger partial charge < -0.3 is 10.1 Å². The molecule has 0 amide bonds. The van der Waals surface area contributed by atoms with Crippen molar-refractivity contribution in [3.05, 3.63) is 35.4 Å². The normalized spacial score (nSPS) is 22.9. The highest BCUT2D eigenvalue weighted by molar-refractivity contribution is 5.22. The van der Waals surface area contributed by atoms with E-state index in [-0.39, 0.29) is 0 Å². The van der Waals surface area contributed by atoms with E-state index in [0.29, 0.717) is 6.10 Å². The lowest BCUT2D eigenvalue weighted by Gasteiger charge is -2.30. The summed E-state index contributed by atoms with van der Waals surface area (Å²) in [5, 5.41) is 3.19. The van der Waals surface area contributed by atoms with Crippen LogP contribution in [0.4, 0.5) is 0 Å². The van der Waals surface area contributed by atoms with Crippen LogP contribution in [-0.4, -0.2) is 19.7 Å². The maximum absolute atomic E-state index is 6.18. The molecule has 2 rings (SSSR count). The van der Waals surface area contributed by atoms with Crippen LogP contribution < -0.4 is 5.32 Å². The summed E-state index contributed by atoms with van der Waals surface area (Å²) in [4.78, 5) is 0. The molecule has 2 atom stereocenters. The first kappa shape index (κ1) is 15.5. The standard InChI is InChI=1S/C18H29NO/c1-3-17-6-4-5-7-18(17)20-14-16-10-8-15(9-11-16)12-13-19-2/h8-11,17-19H,3-7,12-14H2,1-2H3. The van der Waals surface area contributed by atoms with E-state index in [2.05, 4.69) is 36.5 Å². The maximum Gasteiger partial charge on any atom is 0.0720 e. The van der Waals surface area contributed by atoms with Gasteiger partial charge in [0.05, 0.1) is 12.7 Å². The predicted molar refractivity (Wildman–Crippen MR) is 84.9 cm³/mol. The summed E-state index contributed by atoms with van der Waals surface area (Å²) in [7, 11) is 2.00. The zero-order chi connectivity index (χ0) is 14.2. The van der Waals surface area contributed by atoms with Gasteiger partial charge in [0.1, 0.15) is 0 Å². The van der Waals surface area contributed by atoms with Gasteiger partial charge in [-0.2, -0.15) is 0 Å². The first-order chi connectivity index (χ1) is 9.83. The Balaban J connectivity index is 1.80. The van der Waals surface area contributed by atoms with E-state index in [1.54, 1.807) is 0 Å². The Morgan fingerprint density at radius 2 is 1.80 bits per heavy atom. The summed E-state index contributed by atoms with van der Waals surface area (Å²) in [6.45, 7) is 4.10. The molecular formula is C18H29NO. The van der Waals surface area contributed by atoms with E-state index in [4.69, 9.17) is 4.74 Å². The zero-order valence-electron chi connectivity index (χ0n) is 13.0. The van der Waals surface area contributed by atoms with Crippen LogP contribution >= 0.6 is 0 Å². The Labute approximate surface area is 123 Å². The van der Waals surface area contributed by atoms with Gasteiger partial charge in [0.15, 0.2) is 0 Å². The molecular weight excluding hydrogens is 246 g/mol. The Hall–Kier alpha value is -0.860. The van der Waals surface area contributed by atoms with Crippen molar-refractivity contribution in [1.29, 1.82) is 0 Å². The molecule has 0 heterocycles. The average Bonchev–Trinajstić information content (AvgIpc) is 2.52. The number of benzene rings is 1. The number of rotatable bonds is 7. The highest BCUT2D eigenvalue weighted by Crippen LogP contribution is 2.29. The van der Waals surface area contributed by atoms with E-state index in [1.807, 2.05) is 7.05 Å². The SMILES string of the molecule is CCC1CCCCC1OCc1ccc(CCNC)cc1. The predicted octanol–water partition coefficient (Wildman–Crippen LogP) is 3.93. The van der Waals surface area contributed by atoms with E-state index in [9.17, 15) is 0 Å². The molecule has 1 fully saturated rings. The van der Waals surface area contributed by atoms with Gasteiger partial charge in [-0.05, 0) is 49.9 Å². The fourth-order valence-corrected chi connectivity index (χ4v) is 3.13. The van der Waals surface area contributed by atoms with Crippen molar-refractivity contribution in [2.24, 2.45) is 5.92 Å². The minimum Gasteiger partial charge on any atom is -0.373 e. The summed E-state index contributed by atoms with van der Waals surface area (Å²) in [6, 6.07) is 8.89. The third kappa shape index (κ3) is 4.60. The van der Waals surface area contributed by atoms with Gasteiger partial charge >= 0.3 is 0 Å². The van der Waals surface area contributed by atoms with Gasteiger partial charge in [-0.15, -0.1) is 0 Å². The van der Waals surface area contributed by atoms with Crippen molar-refractivity contribution in [3.8, 4) is 0 Å². The molecule has 0 spiro atoms. The number of hydrogen-bond acceptors (Lipinski definition) is 2. The Morgan fingerprint density at radius 1 is 1.10 bits per heavy atom. The maximum atomic E-state index is 6.18. The molecule has 1 N–H and O–H groups in total. The molecule has 0 saturated heterocycles. The Bertz CT molecular complexity index is 374. The van der Waals surface area contributed by atoms with Crippen LogP contribution in [0, 0.1) is 5.92 Å². The quantitative estimate of drug-likeness (QED) is 0.814. The van der Waals surface area contributed by atoms with Crippen molar-refractivity contribution in [2.45, 2.75) is 58.2 Å². The highest BCUT2D eigenvalue weighted by Gasteiger charge is 2.23. The average molecular weight is 275 g/mol. The van der Waals surface area contributed by atoms with Gasteiger partial charge in [-0.3, -0.25) is 0 Å². The van der Waals surface area contributed by atoms with Crippen molar-refractivity contribution in [1.82, 2.24) is 5.32 Å². The highest BCUT2D eigenvalue weighted by atomic mass is 16.5. The third-order valence-electron chi connectivity index (χ3n) is 4.51. The third-order valence-corrected chi connectivity index (χ3v) is 4.51. The molecule has 1 aliphatic carbocycles. The van der Waals surface area contributed by atoms with Crippen LogP contribution in [0.3, 0.4) is 0 Å². The fourth-order valence-electron chi connectivity index (χ4n) is 3.13. The molecule has 1 aliphatic rings. The zero-order valence-corrected chi connectivity index (χ0v) is 13.0. The lowest BCUT2D eigenvalue weighted by molar-refractivity contribution is -0.0221. The van der Waals surface area contributed by atoms with Crippen molar-refractivity contribution in [3.63, 3.8) is 0 Å². The second-order valence-electron chi connectivity index (χ2n) is 5.97. The largest absolute Gasteiger partial charge is 0.373 e. The smallest absolute Gasteiger partial charge is 0.0720 e. The number of hydrogen-bond donors (Lipinski definition) is 1. The summed E-state index contributed by atoms with van der Waals surface area (Å²) in [6.07, 6.45) is 8.16. The van der Waals surface area contributed by atoms with Crippen LogP contribution in [0.5, 0.6) is 0 Å². The molecule has 0 bridgehead atoms. The van der Waals surface area contributed by atoms with Gasteiger partial charge in [-0.25, -0.2) is 0 Å². The monoisotopic (exact) mass is 275 g/mol. The van der Waals surface area contributed by atoms with Crippen LogP contribution in [0.1, 0.15) is 50.2 Å². The second-order valence-corrected chi connectivity index (χ2v) is 5.97. The topological polar surface area (TPSA) is 21.3 Å². The first-order valence-electron chi connectivity index (χ1n) is 8.17. The lowest BCUT2D eigenvalue weighted by atomic mass is 9.85. The molecule has 0 radical (unpaired) electrons. The van der Waals surface area contributed by atoms with Crippen LogP contribution in [0.25, 0.3) is 0 Å². The van der Waals surface area contributed by atoms with Gasteiger partial charge in [0, 0.05) is 0 Å². The molecule has 1 saturated carbocycles. The summed E-state index contributed by atoms with van der Waals surface area (Å²) >= 11 is 0. The molecule has 0 aromatic heterocycles. The van der Waals surface area contributed by atoms with Crippen LogP contribution in [0.2, 0.25) is 0 Å². The molecule has 0 aliphatic heterocycles. The number of nitrogens with one attached hydrogen (secondary N) is 1. The van der Waals surface area contributed by atoms with Crippen LogP contribution in [0.15, 0.2) is 24.3 Å². The van der Waals surface area contributed by atoms with Gasteiger partial charge in [-0.1, -0.05) is 50.5 Å². The molecule has 1 aromatic rings. The molecule has 112 valence electrons. The van der Waals surface area contributed by atoms with Gasteiger partial charge in [0.2, 0.25) is 0 Å². The number of ether oxygens (including phenoxy) is 1. The Kier molecular flexibility index (Phi) is 6.55. The second kappa shape index (κ2) is 8.43.